The number of alkyl halides is 1. The van der Waals surface area contributed by atoms with Gasteiger partial charge in [0, 0.05) is 11.0 Å². The maximum atomic E-state index is 9.30. The van der Waals surface area contributed by atoms with E-state index in [0.717, 1.165) is 18.5 Å². The van der Waals surface area contributed by atoms with Crippen LogP contribution in [-0.2, 0) is 6.42 Å². The molecule has 13 heavy (non-hydrogen) atoms. The lowest BCUT2D eigenvalue weighted by molar-refractivity contribution is 0.191. The molecule has 0 radical (unpaired) electrons. The van der Waals surface area contributed by atoms with Crippen LogP contribution in [0.2, 0.25) is 0 Å². The van der Waals surface area contributed by atoms with Gasteiger partial charge < -0.3 is 10.8 Å². The monoisotopic (exact) mass is 243 g/mol. The summed E-state index contributed by atoms with van der Waals surface area (Å²) in [5.74, 6) is 0. The van der Waals surface area contributed by atoms with Gasteiger partial charge >= 0.3 is 0 Å². The van der Waals surface area contributed by atoms with Crippen molar-refractivity contribution in [3.8, 4) is 0 Å². The first kappa shape index (κ1) is 10.5. The molecule has 1 aromatic carbocycles. The Morgan fingerprint density at radius 2 is 1.92 bits per heavy atom. The summed E-state index contributed by atoms with van der Waals surface area (Å²) >= 11 is 3.23. The quantitative estimate of drug-likeness (QED) is 0.628. The van der Waals surface area contributed by atoms with Crippen LogP contribution < -0.4 is 5.73 Å². The Kier molecular flexibility index (Phi) is 4.25. The molecule has 1 unspecified atom stereocenters. The van der Waals surface area contributed by atoms with Crippen LogP contribution in [-0.4, -0.2) is 16.5 Å². The smallest absolute Gasteiger partial charge is 0.0640 e. The average molecular weight is 244 g/mol. The predicted molar refractivity (Wildman–Crippen MR) is 59.0 cm³/mol. The first-order valence-corrected chi connectivity index (χ1v) is 5.43. The zero-order valence-electron chi connectivity index (χ0n) is 7.41. The Morgan fingerprint density at radius 1 is 1.31 bits per heavy atom. The standard InChI is InChI=1S/C10H14BrNO/c11-7-10(13)6-3-8-1-4-9(12)5-2-8/h1-2,4-5,10,13H,3,6-7,12H2. The molecule has 0 aromatic heterocycles. The first-order chi connectivity index (χ1) is 6.22. The molecular formula is C10H14BrNO. The Morgan fingerprint density at radius 3 is 2.46 bits per heavy atom. The van der Waals surface area contributed by atoms with Crippen LogP contribution in [0.15, 0.2) is 24.3 Å². The predicted octanol–water partition coefficient (Wildman–Crippen LogP) is 1.96. The highest BCUT2D eigenvalue weighted by atomic mass is 79.9. The van der Waals surface area contributed by atoms with Crippen molar-refractivity contribution in [2.24, 2.45) is 0 Å². The van der Waals surface area contributed by atoms with Crippen LogP contribution in [0.4, 0.5) is 5.69 Å². The van der Waals surface area contributed by atoms with Crippen LogP contribution >= 0.6 is 15.9 Å². The van der Waals surface area contributed by atoms with Crippen molar-refractivity contribution in [2.45, 2.75) is 18.9 Å². The fourth-order valence-corrected chi connectivity index (χ4v) is 1.42. The number of aryl methyl sites for hydroxylation is 1. The van der Waals surface area contributed by atoms with Crippen molar-refractivity contribution in [1.29, 1.82) is 0 Å². The number of halogens is 1. The summed E-state index contributed by atoms with van der Waals surface area (Å²) < 4.78 is 0. The Labute approximate surface area is 86.9 Å². The maximum absolute atomic E-state index is 9.30. The third-order valence-electron chi connectivity index (χ3n) is 1.92. The molecule has 3 N–H and O–H groups in total. The molecule has 1 atom stereocenters. The third-order valence-corrected chi connectivity index (χ3v) is 2.67. The Balaban J connectivity index is 2.41. The van der Waals surface area contributed by atoms with Crippen molar-refractivity contribution in [3.05, 3.63) is 29.8 Å². The number of nitrogen functional groups attached to an aromatic ring is 1. The van der Waals surface area contributed by atoms with Crippen LogP contribution in [0.3, 0.4) is 0 Å². The molecule has 0 aliphatic heterocycles. The van der Waals surface area contributed by atoms with Gasteiger partial charge in [0.2, 0.25) is 0 Å². The van der Waals surface area contributed by atoms with Gasteiger partial charge in [-0.1, -0.05) is 28.1 Å². The van der Waals surface area contributed by atoms with Gasteiger partial charge in [0.15, 0.2) is 0 Å². The lowest BCUT2D eigenvalue weighted by Gasteiger charge is -2.06. The minimum absolute atomic E-state index is 0.252. The van der Waals surface area contributed by atoms with Gasteiger partial charge in [-0.05, 0) is 30.5 Å². The summed E-state index contributed by atoms with van der Waals surface area (Å²) in [4.78, 5) is 0. The van der Waals surface area contributed by atoms with E-state index >= 15 is 0 Å². The van der Waals surface area contributed by atoms with E-state index < -0.39 is 0 Å². The molecule has 0 aliphatic rings. The van der Waals surface area contributed by atoms with E-state index in [-0.39, 0.29) is 6.10 Å². The van der Waals surface area contributed by atoms with E-state index in [4.69, 9.17) is 5.73 Å². The van der Waals surface area contributed by atoms with E-state index in [0.29, 0.717) is 5.33 Å². The highest BCUT2D eigenvalue weighted by Gasteiger charge is 2.01. The van der Waals surface area contributed by atoms with Gasteiger partial charge in [-0.2, -0.15) is 0 Å². The van der Waals surface area contributed by atoms with Crippen molar-refractivity contribution in [2.75, 3.05) is 11.1 Å². The van der Waals surface area contributed by atoms with E-state index in [2.05, 4.69) is 15.9 Å². The summed E-state index contributed by atoms with van der Waals surface area (Å²) in [6, 6.07) is 7.76. The molecule has 0 spiro atoms. The largest absolute Gasteiger partial charge is 0.399 e. The second kappa shape index (κ2) is 5.25. The number of aliphatic hydroxyl groups excluding tert-OH is 1. The molecule has 72 valence electrons. The van der Waals surface area contributed by atoms with Gasteiger partial charge in [-0.3, -0.25) is 0 Å². The van der Waals surface area contributed by atoms with Crippen molar-refractivity contribution < 1.29 is 5.11 Å². The molecule has 0 fully saturated rings. The number of aliphatic hydroxyl groups is 1. The van der Waals surface area contributed by atoms with Crippen LogP contribution in [0.25, 0.3) is 0 Å². The maximum Gasteiger partial charge on any atom is 0.0640 e. The number of hydrogen-bond acceptors (Lipinski definition) is 2. The second-order valence-corrected chi connectivity index (χ2v) is 3.74. The molecule has 0 saturated heterocycles. The van der Waals surface area contributed by atoms with Gasteiger partial charge in [-0.25, -0.2) is 0 Å². The Hall–Kier alpha value is -0.540. The number of nitrogens with two attached hydrogens (primary N) is 1. The van der Waals surface area contributed by atoms with Crippen LogP contribution in [0, 0.1) is 0 Å². The number of anilines is 1. The van der Waals surface area contributed by atoms with Crippen molar-refractivity contribution in [3.63, 3.8) is 0 Å². The third kappa shape index (κ3) is 3.79. The summed E-state index contributed by atoms with van der Waals surface area (Å²) in [7, 11) is 0. The van der Waals surface area contributed by atoms with Crippen molar-refractivity contribution >= 4 is 21.6 Å². The van der Waals surface area contributed by atoms with Crippen LogP contribution in [0.5, 0.6) is 0 Å². The number of hydrogen-bond donors (Lipinski definition) is 2. The summed E-state index contributed by atoms with van der Waals surface area (Å²) in [5.41, 5.74) is 7.55. The second-order valence-electron chi connectivity index (χ2n) is 3.09. The molecular weight excluding hydrogens is 230 g/mol. The van der Waals surface area contributed by atoms with Gasteiger partial charge in [0.05, 0.1) is 6.10 Å². The van der Waals surface area contributed by atoms with E-state index in [1.54, 1.807) is 0 Å². The zero-order chi connectivity index (χ0) is 9.68. The van der Waals surface area contributed by atoms with Gasteiger partial charge in [-0.15, -0.1) is 0 Å². The molecule has 0 aliphatic carbocycles. The molecule has 0 saturated carbocycles. The normalized spacial score (nSPS) is 12.8. The molecule has 1 rings (SSSR count). The molecule has 1 aromatic rings. The van der Waals surface area contributed by atoms with Crippen LogP contribution in [0.1, 0.15) is 12.0 Å². The van der Waals surface area contributed by atoms with E-state index in [1.807, 2.05) is 24.3 Å². The fourth-order valence-electron chi connectivity index (χ4n) is 1.09. The summed E-state index contributed by atoms with van der Waals surface area (Å²) in [5, 5.41) is 9.94. The topological polar surface area (TPSA) is 46.2 Å². The molecule has 2 nitrogen and oxygen atoms in total. The average Bonchev–Trinajstić information content (AvgIpc) is 2.16. The molecule has 3 heteroatoms. The lowest BCUT2D eigenvalue weighted by atomic mass is 10.1. The number of rotatable bonds is 4. The SMILES string of the molecule is Nc1ccc(CCC(O)CBr)cc1. The lowest BCUT2D eigenvalue weighted by Crippen LogP contribution is -2.08. The zero-order valence-corrected chi connectivity index (χ0v) is 9.00. The fraction of sp³-hybridized carbons (Fsp3) is 0.400. The number of benzene rings is 1. The van der Waals surface area contributed by atoms with E-state index in [9.17, 15) is 5.11 Å². The highest BCUT2D eigenvalue weighted by Crippen LogP contribution is 2.09. The van der Waals surface area contributed by atoms with Gasteiger partial charge in [0.25, 0.3) is 0 Å². The molecule has 0 amide bonds. The van der Waals surface area contributed by atoms with Crippen molar-refractivity contribution in [1.82, 2.24) is 0 Å². The van der Waals surface area contributed by atoms with E-state index in [1.165, 1.54) is 5.56 Å². The molecule has 0 heterocycles. The molecule has 0 bridgehead atoms. The summed E-state index contributed by atoms with van der Waals surface area (Å²) in [6.07, 6.45) is 1.43. The minimum Gasteiger partial charge on any atom is -0.399 e. The highest BCUT2D eigenvalue weighted by molar-refractivity contribution is 9.09. The Bertz CT molecular complexity index is 248. The minimum atomic E-state index is -0.252. The summed E-state index contributed by atoms with van der Waals surface area (Å²) in [6.45, 7) is 0. The first-order valence-electron chi connectivity index (χ1n) is 4.31. The van der Waals surface area contributed by atoms with Gasteiger partial charge in [0.1, 0.15) is 0 Å².